The molecule has 0 aliphatic carbocycles. The van der Waals surface area contributed by atoms with Crippen LogP contribution in [0.15, 0.2) is 42.7 Å². The molecule has 6 heteroatoms. The van der Waals surface area contributed by atoms with Crippen LogP contribution in [0.3, 0.4) is 0 Å². The van der Waals surface area contributed by atoms with Crippen molar-refractivity contribution in [1.82, 2.24) is 20.0 Å². The van der Waals surface area contributed by atoms with E-state index in [0.717, 1.165) is 17.7 Å². The van der Waals surface area contributed by atoms with Gasteiger partial charge in [-0.2, -0.15) is 5.10 Å². The maximum Gasteiger partial charge on any atom is 0.227 e. The Balaban J connectivity index is 1.48. The highest BCUT2D eigenvalue weighted by molar-refractivity contribution is 5.80. The van der Waals surface area contributed by atoms with Gasteiger partial charge in [0.15, 0.2) is 0 Å². The number of ether oxygens (including phenoxy) is 1. The summed E-state index contributed by atoms with van der Waals surface area (Å²) >= 11 is 0. The second kappa shape index (κ2) is 8.27. The van der Waals surface area contributed by atoms with Crippen LogP contribution in [-0.2, 0) is 23.2 Å². The Bertz CT molecular complexity index is 686. The lowest BCUT2D eigenvalue weighted by atomic mass is 9.90. The molecule has 1 saturated heterocycles. The smallest absolute Gasteiger partial charge is 0.227 e. The van der Waals surface area contributed by atoms with E-state index in [1.807, 2.05) is 56.8 Å². The van der Waals surface area contributed by atoms with E-state index in [0.29, 0.717) is 26.3 Å². The SMILES string of the molecule is CN(CCOCc1ccccc1)C(=O)[C@H]1CNC[C@@H]1c1cnn(C)c1. The number of rotatable bonds is 7. The Hall–Kier alpha value is -2.18. The van der Waals surface area contributed by atoms with Gasteiger partial charge in [0.05, 0.1) is 25.3 Å². The second-order valence-corrected chi connectivity index (χ2v) is 6.62. The molecule has 0 unspecified atom stereocenters. The highest BCUT2D eigenvalue weighted by Crippen LogP contribution is 2.29. The normalized spacial score (nSPS) is 19.9. The molecule has 1 aromatic heterocycles. The number of carbonyl (C=O) groups is 1. The number of hydrogen-bond donors (Lipinski definition) is 1. The van der Waals surface area contributed by atoms with Crippen molar-refractivity contribution in [2.75, 3.05) is 33.3 Å². The minimum absolute atomic E-state index is 0.0386. The second-order valence-electron chi connectivity index (χ2n) is 6.62. The molecule has 1 fully saturated rings. The molecule has 134 valence electrons. The van der Waals surface area contributed by atoms with Crippen LogP contribution in [0, 0.1) is 5.92 Å². The summed E-state index contributed by atoms with van der Waals surface area (Å²) in [5.74, 6) is 0.319. The number of nitrogens with one attached hydrogen (secondary N) is 1. The average Bonchev–Trinajstić information content (AvgIpc) is 3.27. The number of aryl methyl sites for hydroxylation is 1. The molecule has 2 heterocycles. The van der Waals surface area contributed by atoms with Gasteiger partial charge < -0.3 is 15.0 Å². The summed E-state index contributed by atoms with van der Waals surface area (Å²) in [6.45, 7) is 3.25. The van der Waals surface area contributed by atoms with Crippen LogP contribution in [0.5, 0.6) is 0 Å². The monoisotopic (exact) mass is 342 g/mol. The van der Waals surface area contributed by atoms with Crippen LogP contribution >= 0.6 is 0 Å². The Labute approximate surface area is 148 Å². The van der Waals surface area contributed by atoms with Crippen molar-refractivity contribution < 1.29 is 9.53 Å². The summed E-state index contributed by atoms with van der Waals surface area (Å²) in [4.78, 5) is 14.6. The van der Waals surface area contributed by atoms with Gasteiger partial charge in [-0.05, 0) is 11.1 Å². The van der Waals surface area contributed by atoms with Gasteiger partial charge in [-0.1, -0.05) is 30.3 Å². The highest BCUT2D eigenvalue weighted by Gasteiger charge is 2.36. The Morgan fingerprint density at radius 3 is 2.88 bits per heavy atom. The van der Waals surface area contributed by atoms with Crippen molar-refractivity contribution in [2.24, 2.45) is 13.0 Å². The van der Waals surface area contributed by atoms with Gasteiger partial charge in [-0.15, -0.1) is 0 Å². The zero-order valence-corrected chi connectivity index (χ0v) is 14.9. The largest absolute Gasteiger partial charge is 0.375 e. The summed E-state index contributed by atoms with van der Waals surface area (Å²) < 4.78 is 7.48. The number of likely N-dealkylation sites (N-methyl/N-ethyl adjacent to an activating group) is 1. The summed E-state index contributed by atoms with van der Waals surface area (Å²) in [6.07, 6.45) is 3.86. The third-order valence-electron chi connectivity index (χ3n) is 4.74. The summed E-state index contributed by atoms with van der Waals surface area (Å²) in [7, 11) is 3.76. The van der Waals surface area contributed by atoms with Crippen molar-refractivity contribution in [2.45, 2.75) is 12.5 Å². The molecular formula is C19H26N4O2. The topological polar surface area (TPSA) is 59.4 Å². The van der Waals surface area contributed by atoms with Crippen molar-refractivity contribution in [1.29, 1.82) is 0 Å². The van der Waals surface area contributed by atoms with Crippen molar-refractivity contribution in [3.8, 4) is 0 Å². The third-order valence-corrected chi connectivity index (χ3v) is 4.74. The first kappa shape index (κ1) is 17.6. The lowest BCUT2D eigenvalue weighted by Gasteiger charge is -2.24. The zero-order chi connectivity index (χ0) is 17.6. The first-order valence-corrected chi connectivity index (χ1v) is 8.71. The van der Waals surface area contributed by atoms with E-state index in [9.17, 15) is 4.79 Å². The van der Waals surface area contributed by atoms with Crippen LogP contribution < -0.4 is 5.32 Å². The molecule has 0 radical (unpaired) electrons. The molecule has 0 saturated carbocycles. The fraction of sp³-hybridized carbons (Fsp3) is 0.474. The molecule has 6 nitrogen and oxygen atoms in total. The van der Waals surface area contributed by atoms with Crippen LogP contribution in [-0.4, -0.2) is 53.9 Å². The van der Waals surface area contributed by atoms with Gasteiger partial charge in [0, 0.05) is 45.8 Å². The molecule has 1 aliphatic rings. The number of benzene rings is 1. The molecule has 1 amide bonds. The van der Waals surface area contributed by atoms with Gasteiger partial charge in [-0.3, -0.25) is 9.48 Å². The van der Waals surface area contributed by atoms with Gasteiger partial charge in [0.1, 0.15) is 0 Å². The van der Waals surface area contributed by atoms with Gasteiger partial charge >= 0.3 is 0 Å². The average molecular weight is 342 g/mol. The lowest BCUT2D eigenvalue weighted by Crippen LogP contribution is -2.38. The number of hydrogen-bond acceptors (Lipinski definition) is 4. The van der Waals surface area contributed by atoms with E-state index in [2.05, 4.69) is 10.4 Å². The van der Waals surface area contributed by atoms with E-state index >= 15 is 0 Å². The molecule has 2 aromatic rings. The van der Waals surface area contributed by atoms with E-state index in [1.165, 1.54) is 0 Å². The van der Waals surface area contributed by atoms with E-state index in [4.69, 9.17) is 4.74 Å². The van der Waals surface area contributed by atoms with Crippen LogP contribution in [0.2, 0.25) is 0 Å². The number of amides is 1. The van der Waals surface area contributed by atoms with E-state index < -0.39 is 0 Å². The molecule has 3 rings (SSSR count). The van der Waals surface area contributed by atoms with Crippen LogP contribution in [0.1, 0.15) is 17.0 Å². The van der Waals surface area contributed by atoms with Crippen LogP contribution in [0.4, 0.5) is 0 Å². The van der Waals surface area contributed by atoms with Crippen molar-refractivity contribution in [3.63, 3.8) is 0 Å². The molecule has 0 spiro atoms. The number of aromatic nitrogens is 2. The molecule has 1 aromatic carbocycles. The Morgan fingerprint density at radius 1 is 1.36 bits per heavy atom. The number of nitrogens with zero attached hydrogens (tertiary/aromatic N) is 3. The molecule has 1 N–H and O–H groups in total. The number of carbonyl (C=O) groups excluding carboxylic acids is 1. The standard InChI is InChI=1S/C19H26N4O2/c1-22(8-9-25-14-15-6-4-3-5-7-15)19(24)18-12-20-11-17(18)16-10-21-23(2)13-16/h3-7,10,13,17-18,20H,8-9,11-12,14H2,1-2H3/t17-,18+/m1/s1. The first-order chi connectivity index (χ1) is 12.1. The van der Waals surface area contributed by atoms with Gasteiger partial charge in [-0.25, -0.2) is 0 Å². The maximum atomic E-state index is 12.8. The zero-order valence-electron chi connectivity index (χ0n) is 14.9. The predicted octanol–water partition coefficient (Wildman–Crippen LogP) is 1.40. The molecule has 2 atom stereocenters. The van der Waals surface area contributed by atoms with Crippen LogP contribution in [0.25, 0.3) is 0 Å². The highest BCUT2D eigenvalue weighted by atomic mass is 16.5. The lowest BCUT2D eigenvalue weighted by molar-refractivity contribution is -0.134. The molecular weight excluding hydrogens is 316 g/mol. The quantitative estimate of drug-likeness (QED) is 0.773. The summed E-state index contributed by atoms with van der Waals surface area (Å²) in [5.41, 5.74) is 2.27. The minimum Gasteiger partial charge on any atom is -0.375 e. The summed E-state index contributed by atoms with van der Waals surface area (Å²) in [5, 5.41) is 7.57. The third kappa shape index (κ3) is 4.46. The predicted molar refractivity (Wildman–Crippen MR) is 96.0 cm³/mol. The minimum atomic E-state index is -0.0386. The van der Waals surface area contributed by atoms with Crippen molar-refractivity contribution in [3.05, 3.63) is 53.9 Å². The van der Waals surface area contributed by atoms with Crippen molar-refractivity contribution >= 4 is 5.91 Å². The van der Waals surface area contributed by atoms with E-state index in [1.54, 1.807) is 9.58 Å². The van der Waals surface area contributed by atoms with Gasteiger partial charge in [0.25, 0.3) is 0 Å². The summed E-state index contributed by atoms with van der Waals surface area (Å²) in [6, 6.07) is 10.1. The molecule has 1 aliphatic heterocycles. The van der Waals surface area contributed by atoms with Gasteiger partial charge in [0.2, 0.25) is 5.91 Å². The Kier molecular flexibility index (Phi) is 5.83. The van der Waals surface area contributed by atoms with E-state index in [-0.39, 0.29) is 17.7 Å². The Morgan fingerprint density at radius 2 is 2.16 bits per heavy atom. The fourth-order valence-electron chi connectivity index (χ4n) is 3.28. The molecule has 25 heavy (non-hydrogen) atoms. The molecule has 0 bridgehead atoms. The maximum absolute atomic E-state index is 12.8. The first-order valence-electron chi connectivity index (χ1n) is 8.71. The fourth-order valence-corrected chi connectivity index (χ4v) is 3.28.